The fourth-order valence-corrected chi connectivity index (χ4v) is 3.82. The first-order valence-corrected chi connectivity index (χ1v) is 10.4. The second kappa shape index (κ2) is 10.1. The molecule has 2 aromatic rings. The van der Waals surface area contributed by atoms with Crippen molar-refractivity contribution in [2.75, 3.05) is 13.1 Å². The van der Waals surface area contributed by atoms with Gasteiger partial charge in [-0.25, -0.2) is 4.79 Å². The maximum atomic E-state index is 12.6. The minimum atomic E-state index is -2.92. The number of likely N-dealkylation sites (tertiary alicyclic amines) is 1. The molecular weight excluding hydrogens is 464 g/mol. The molecule has 1 aliphatic rings. The molecular formula is C21H22BrF2NO5. The Bertz CT molecular complexity index is 941. The Kier molecular flexibility index (Phi) is 7.47. The number of nitrogens with zero attached hydrogens (tertiary/aromatic N) is 1. The number of rotatable bonds is 7. The molecule has 9 heteroatoms. The highest BCUT2D eigenvalue weighted by Crippen LogP contribution is 2.26. The Hall–Kier alpha value is -2.42. The van der Waals surface area contributed by atoms with Gasteiger partial charge in [-0.2, -0.15) is 8.78 Å². The van der Waals surface area contributed by atoms with Crippen molar-refractivity contribution in [2.24, 2.45) is 0 Å². The molecule has 30 heavy (non-hydrogen) atoms. The van der Waals surface area contributed by atoms with Crippen LogP contribution < -0.4 is 15.1 Å². The van der Waals surface area contributed by atoms with Crippen LogP contribution >= 0.6 is 15.9 Å². The van der Waals surface area contributed by atoms with Gasteiger partial charge < -0.3 is 18.8 Å². The molecule has 0 aliphatic carbocycles. The average molecular weight is 486 g/mol. The molecule has 0 spiro atoms. The van der Waals surface area contributed by atoms with Crippen LogP contribution in [0, 0.1) is 6.92 Å². The second-order valence-electron chi connectivity index (χ2n) is 7.05. The molecule has 0 atom stereocenters. The number of aryl methyl sites for hydroxylation is 2. The van der Waals surface area contributed by atoms with Gasteiger partial charge in [0.05, 0.1) is 6.07 Å². The van der Waals surface area contributed by atoms with Crippen LogP contribution in [-0.2, 0) is 11.2 Å². The van der Waals surface area contributed by atoms with E-state index < -0.39 is 12.2 Å². The number of hydrogen-bond donors (Lipinski definition) is 0. The predicted molar refractivity (Wildman–Crippen MR) is 109 cm³/mol. The van der Waals surface area contributed by atoms with E-state index in [1.165, 1.54) is 12.1 Å². The van der Waals surface area contributed by atoms with Crippen molar-refractivity contribution in [3.63, 3.8) is 0 Å². The van der Waals surface area contributed by atoms with Crippen molar-refractivity contribution < 1.29 is 27.5 Å². The van der Waals surface area contributed by atoms with Crippen molar-refractivity contribution >= 4 is 21.8 Å². The molecule has 3 rings (SSSR count). The van der Waals surface area contributed by atoms with Crippen LogP contribution in [0.15, 0.2) is 44.0 Å². The standard InChI is InChI=1S/C21H22BrF2NO5/c1-13-10-17(12-20(27)28-13)29-16-6-8-25(9-7-16)19(26)5-2-14-11-15(22)3-4-18(14)30-21(23)24/h3-4,10-12,16,21H,2,5-9H2,1H3. The summed E-state index contributed by atoms with van der Waals surface area (Å²) in [7, 11) is 0. The number of carbonyl (C=O) groups excluding carboxylic acids is 1. The molecule has 1 amide bonds. The summed E-state index contributed by atoms with van der Waals surface area (Å²) in [5.74, 6) is 0.978. The van der Waals surface area contributed by atoms with E-state index in [0.717, 1.165) is 4.47 Å². The van der Waals surface area contributed by atoms with Gasteiger partial charge in [-0.3, -0.25) is 4.79 Å². The molecule has 6 nitrogen and oxygen atoms in total. The lowest BCUT2D eigenvalue weighted by molar-refractivity contribution is -0.132. The van der Waals surface area contributed by atoms with E-state index in [-0.39, 0.29) is 24.2 Å². The van der Waals surface area contributed by atoms with Gasteiger partial charge in [0.25, 0.3) is 0 Å². The third-order valence-electron chi connectivity index (χ3n) is 4.81. The maximum Gasteiger partial charge on any atom is 0.387 e. The Balaban J connectivity index is 1.51. The monoisotopic (exact) mass is 485 g/mol. The molecule has 1 fully saturated rings. The number of hydrogen-bond acceptors (Lipinski definition) is 5. The first-order valence-electron chi connectivity index (χ1n) is 9.59. The van der Waals surface area contributed by atoms with Gasteiger partial charge in [0.2, 0.25) is 5.91 Å². The van der Waals surface area contributed by atoms with Gasteiger partial charge in [0.1, 0.15) is 23.4 Å². The topological polar surface area (TPSA) is 69.0 Å². The van der Waals surface area contributed by atoms with E-state index in [9.17, 15) is 18.4 Å². The van der Waals surface area contributed by atoms with Crippen LogP contribution in [0.4, 0.5) is 8.78 Å². The van der Waals surface area contributed by atoms with Gasteiger partial charge in [0, 0.05) is 42.9 Å². The number of carbonyl (C=O) groups is 1. The summed E-state index contributed by atoms with van der Waals surface area (Å²) < 4.78 is 41.2. The second-order valence-corrected chi connectivity index (χ2v) is 7.97. The van der Waals surface area contributed by atoms with Crippen molar-refractivity contribution in [3.05, 3.63) is 56.5 Å². The summed E-state index contributed by atoms with van der Waals surface area (Å²) in [6.07, 6.45) is 1.69. The van der Waals surface area contributed by atoms with Gasteiger partial charge in [0.15, 0.2) is 0 Å². The van der Waals surface area contributed by atoms with Gasteiger partial charge in [-0.05, 0) is 37.1 Å². The minimum Gasteiger partial charge on any atom is -0.490 e. The van der Waals surface area contributed by atoms with E-state index in [2.05, 4.69) is 20.7 Å². The number of halogens is 3. The Morgan fingerprint density at radius 2 is 2.00 bits per heavy atom. The van der Waals surface area contributed by atoms with Crippen molar-refractivity contribution in [1.82, 2.24) is 4.90 Å². The number of alkyl halides is 2. The zero-order valence-corrected chi connectivity index (χ0v) is 18.0. The Morgan fingerprint density at radius 1 is 1.27 bits per heavy atom. The number of amides is 1. The lowest BCUT2D eigenvalue weighted by atomic mass is 10.0. The number of ether oxygens (including phenoxy) is 2. The van der Waals surface area contributed by atoms with Crippen LogP contribution in [-0.4, -0.2) is 36.6 Å². The summed E-state index contributed by atoms with van der Waals surface area (Å²) in [6, 6.07) is 7.73. The average Bonchev–Trinajstić information content (AvgIpc) is 2.67. The summed E-state index contributed by atoms with van der Waals surface area (Å²) in [4.78, 5) is 25.8. The first-order chi connectivity index (χ1) is 14.3. The molecule has 1 aromatic carbocycles. The lowest BCUT2D eigenvalue weighted by Crippen LogP contribution is -2.41. The zero-order chi connectivity index (χ0) is 21.7. The van der Waals surface area contributed by atoms with Gasteiger partial charge in [-0.1, -0.05) is 15.9 Å². The van der Waals surface area contributed by atoms with Crippen LogP contribution in [0.25, 0.3) is 0 Å². The van der Waals surface area contributed by atoms with Gasteiger partial charge in [-0.15, -0.1) is 0 Å². The van der Waals surface area contributed by atoms with Crippen LogP contribution in [0.3, 0.4) is 0 Å². The van der Waals surface area contributed by atoms with Crippen molar-refractivity contribution in [1.29, 1.82) is 0 Å². The molecule has 0 saturated carbocycles. The quantitative estimate of drug-likeness (QED) is 0.584. The Morgan fingerprint density at radius 3 is 2.67 bits per heavy atom. The first kappa shape index (κ1) is 22.3. The zero-order valence-electron chi connectivity index (χ0n) is 16.4. The van der Waals surface area contributed by atoms with E-state index >= 15 is 0 Å². The van der Waals surface area contributed by atoms with Crippen LogP contribution in [0.5, 0.6) is 11.5 Å². The largest absolute Gasteiger partial charge is 0.490 e. The predicted octanol–water partition coefficient (Wildman–Crippen LogP) is 4.31. The van der Waals surface area contributed by atoms with Crippen LogP contribution in [0.2, 0.25) is 0 Å². The molecule has 0 unspecified atom stereocenters. The molecule has 1 aliphatic heterocycles. The third-order valence-corrected chi connectivity index (χ3v) is 5.30. The molecule has 1 aromatic heterocycles. The summed E-state index contributed by atoms with van der Waals surface area (Å²) in [6.45, 7) is -0.177. The molecule has 162 valence electrons. The third kappa shape index (κ3) is 6.29. The fourth-order valence-electron chi connectivity index (χ4n) is 3.41. The Labute approximate surface area is 180 Å². The fraction of sp³-hybridized carbons (Fsp3) is 0.429. The molecule has 0 bridgehead atoms. The maximum absolute atomic E-state index is 12.6. The van der Waals surface area contributed by atoms with Crippen LogP contribution in [0.1, 0.15) is 30.6 Å². The lowest BCUT2D eigenvalue weighted by Gasteiger charge is -2.32. The highest BCUT2D eigenvalue weighted by Gasteiger charge is 2.24. The normalized spacial score (nSPS) is 14.8. The molecule has 2 heterocycles. The summed E-state index contributed by atoms with van der Waals surface area (Å²) in [5, 5.41) is 0. The molecule has 0 radical (unpaired) electrons. The highest BCUT2D eigenvalue weighted by atomic mass is 79.9. The van der Waals surface area contributed by atoms with E-state index in [4.69, 9.17) is 9.15 Å². The molecule has 1 saturated heterocycles. The van der Waals surface area contributed by atoms with Crippen molar-refractivity contribution in [2.45, 2.75) is 45.3 Å². The summed E-state index contributed by atoms with van der Waals surface area (Å²) >= 11 is 3.31. The summed E-state index contributed by atoms with van der Waals surface area (Å²) in [5.41, 5.74) is 0.0925. The van der Waals surface area contributed by atoms with E-state index in [1.807, 2.05) is 0 Å². The smallest absolute Gasteiger partial charge is 0.387 e. The van der Waals surface area contributed by atoms with Crippen molar-refractivity contribution in [3.8, 4) is 11.5 Å². The highest BCUT2D eigenvalue weighted by molar-refractivity contribution is 9.10. The van der Waals surface area contributed by atoms with Gasteiger partial charge >= 0.3 is 12.2 Å². The van der Waals surface area contributed by atoms with E-state index in [1.54, 1.807) is 30.0 Å². The minimum absolute atomic E-state index is 0.0485. The SMILES string of the molecule is Cc1cc(OC2CCN(C(=O)CCc3cc(Br)ccc3OC(F)F)CC2)cc(=O)o1. The number of benzene rings is 1. The number of piperidine rings is 1. The van der Waals surface area contributed by atoms with E-state index in [0.29, 0.717) is 49.4 Å². The molecule has 0 N–H and O–H groups in total.